The Morgan fingerprint density at radius 2 is 1.60 bits per heavy atom. The van der Waals surface area contributed by atoms with Gasteiger partial charge >= 0.3 is 5.97 Å². The van der Waals surface area contributed by atoms with Gasteiger partial charge in [0.15, 0.2) is 0 Å². The summed E-state index contributed by atoms with van der Waals surface area (Å²) in [6, 6.07) is 21.8. The molecule has 0 fully saturated rings. The molecule has 0 bridgehead atoms. The predicted molar refractivity (Wildman–Crippen MR) is 101 cm³/mol. The molecule has 0 aliphatic rings. The smallest absolute Gasteiger partial charge is 0.355 e. The second kappa shape index (κ2) is 6.48. The summed E-state index contributed by atoms with van der Waals surface area (Å²) in [7, 11) is 5.84. The minimum absolute atomic E-state index is 0.223. The lowest BCUT2D eigenvalue weighted by Gasteiger charge is -2.08. The molecular weight excluding hydrogens is 309 g/mol. The molecule has 4 heteroatoms. The van der Waals surface area contributed by atoms with E-state index >= 15 is 0 Å². The van der Waals surface area contributed by atoms with Crippen LogP contribution >= 0.6 is 0 Å². The van der Waals surface area contributed by atoms with E-state index in [9.17, 15) is 4.79 Å². The zero-order valence-corrected chi connectivity index (χ0v) is 13.7. The van der Waals surface area contributed by atoms with Crippen LogP contribution in [-0.4, -0.2) is 18.4 Å². The van der Waals surface area contributed by atoms with Crippen LogP contribution in [0.4, 0.5) is 0 Å². The highest BCUT2D eigenvalue weighted by atomic mass is 16.5. The fraction of sp³-hybridized carbons (Fsp3) is 0.0952. The molecule has 0 unspecified atom stereocenters. The third kappa shape index (κ3) is 2.91. The summed E-state index contributed by atoms with van der Waals surface area (Å²) in [5, 5.41) is 4.06. The Morgan fingerprint density at radius 3 is 2.32 bits per heavy atom. The molecule has 0 N–H and O–H groups in total. The van der Waals surface area contributed by atoms with E-state index in [-0.39, 0.29) is 19.0 Å². The summed E-state index contributed by atoms with van der Waals surface area (Å²) in [5.74, 6) is -0.361. The molecule has 0 aliphatic heterocycles. The molecule has 0 atom stereocenters. The number of esters is 1. The standard InChI is InChI=1S/C21H16BNO2/c22-14-23-12-18-10-16-8-4-5-9-17(16)11-19(18)20(23)21(24)25-13-15-6-2-1-3-7-15/h1-12H,13-14H2. The molecule has 2 radical (unpaired) electrons. The second-order valence-corrected chi connectivity index (χ2v) is 5.98. The highest BCUT2D eigenvalue weighted by Gasteiger charge is 2.18. The van der Waals surface area contributed by atoms with Gasteiger partial charge in [-0.15, -0.1) is 0 Å². The molecular formula is C21H16BNO2. The molecule has 0 amide bonds. The van der Waals surface area contributed by atoms with Crippen LogP contribution in [0.2, 0.25) is 0 Å². The average Bonchev–Trinajstić information content (AvgIpc) is 3.02. The van der Waals surface area contributed by atoms with Gasteiger partial charge in [0, 0.05) is 17.0 Å². The van der Waals surface area contributed by atoms with Crippen molar-refractivity contribution < 1.29 is 9.53 Å². The van der Waals surface area contributed by atoms with Gasteiger partial charge in [-0.1, -0.05) is 54.6 Å². The molecule has 3 aromatic carbocycles. The van der Waals surface area contributed by atoms with Crippen LogP contribution in [0.25, 0.3) is 21.5 Å². The van der Waals surface area contributed by atoms with E-state index < -0.39 is 0 Å². The predicted octanol–water partition coefficient (Wildman–Crippen LogP) is 4.28. The summed E-state index contributed by atoms with van der Waals surface area (Å²) in [5.41, 5.74) is 1.45. The first-order valence-corrected chi connectivity index (χ1v) is 8.19. The molecule has 120 valence electrons. The largest absolute Gasteiger partial charge is 0.456 e. The van der Waals surface area contributed by atoms with Gasteiger partial charge < -0.3 is 9.30 Å². The number of rotatable bonds is 4. The van der Waals surface area contributed by atoms with Crippen LogP contribution in [0.3, 0.4) is 0 Å². The Labute approximate surface area is 147 Å². The van der Waals surface area contributed by atoms with Gasteiger partial charge in [0.2, 0.25) is 0 Å². The molecule has 0 aliphatic carbocycles. The van der Waals surface area contributed by atoms with Crippen molar-refractivity contribution in [2.75, 3.05) is 0 Å². The number of aromatic nitrogens is 1. The first-order chi connectivity index (χ1) is 12.3. The van der Waals surface area contributed by atoms with E-state index in [0.717, 1.165) is 27.1 Å². The Balaban J connectivity index is 1.74. The number of benzene rings is 3. The Morgan fingerprint density at radius 1 is 0.920 bits per heavy atom. The fourth-order valence-corrected chi connectivity index (χ4v) is 3.12. The van der Waals surface area contributed by atoms with Crippen molar-refractivity contribution in [3.05, 3.63) is 84.2 Å². The number of ether oxygens (including phenoxy) is 1. The van der Waals surface area contributed by atoms with Gasteiger partial charge in [-0.25, -0.2) is 4.79 Å². The van der Waals surface area contributed by atoms with E-state index in [4.69, 9.17) is 12.6 Å². The minimum Gasteiger partial charge on any atom is -0.456 e. The quantitative estimate of drug-likeness (QED) is 0.414. The number of carbonyl (C=O) groups is 1. The third-order valence-corrected chi connectivity index (χ3v) is 4.36. The summed E-state index contributed by atoms with van der Waals surface area (Å²) >= 11 is 0. The van der Waals surface area contributed by atoms with Gasteiger partial charge in [0.05, 0.1) is 7.85 Å². The van der Waals surface area contributed by atoms with Crippen LogP contribution < -0.4 is 0 Å². The van der Waals surface area contributed by atoms with Gasteiger partial charge in [0.1, 0.15) is 12.3 Å². The molecule has 0 saturated carbocycles. The highest BCUT2D eigenvalue weighted by molar-refractivity contribution is 6.11. The summed E-state index contributed by atoms with van der Waals surface area (Å²) in [6.45, 7) is 0.241. The van der Waals surface area contributed by atoms with Crippen LogP contribution in [0.1, 0.15) is 16.1 Å². The molecule has 4 aromatic rings. The summed E-state index contributed by atoms with van der Waals surface area (Å²) < 4.78 is 7.27. The van der Waals surface area contributed by atoms with E-state index in [1.165, 1.54) is 0 Å². The number of hydrogen-bond acceptors (Lipinski definition) is 2. The SMILES string of the molecule is [B]Cn1cc2cc3ccccc3cc2c1C(=O)OCc1ccccc1. The zero-order chi connectivity index (χ0) is 17.2. The van der Waals surface area contributed by atoms with E-state index in [2.05, 4.69) is 12.1 Å². The Bertz CT molecular complexity index is 1050. The Hall–Kier alpha value is -3.01. The van der Waals surface area contributed by atoms with Crippen molar-refractivity contribution in [1.29, 1.82) is 0 Å². The number of carbonyl (C=O) groups excluding carboxylic acids is 1. The maximum Gasteiger partial charge on any atom is 0.355 e. The summed E-state index contributed by atoms with van der Waals surface area (Å²) in [4.78, 5) is 12.7. The van der Waals surface area contributed by atoms with E-state index in [0.29, 0.717) is 5.69 Å². The number of fused-ring (bicyclic) bond motifs is 2. The van der Waals surface area contributed by atoms with Crippen molar-refractivity contribution in [3.8, 4) is 0 Å². The maximum absolute atomic E-state index is 12.7. The first-order valence-electron chi connectivity index (χ1n) is 8.19. The summed E-state index contributed by atoms with van der Waals surface area (Å²) in [6.07, 6.45) is 2.13. The van der Waals surface area contributed by atoms with Crippen molar-refractivity contribution in [3.63, 3.8) is 0 Å². The first kappa shape index (κ1) is 15.5. The zero-order valence-electron chi connectivity index (χ0n) is 13.7. The number of nitrogens with zero attached hydrogens (tertiary/aromatic N) is 1. The van der Waals surface area contributed by atoms with Gasteiger partial charge in [0.25, 0.3) is 0 Å². The van der Waals surface area contributed by atoms with Crippen molar-refractivity contribution in [1.82, 2.24) is 4.57 Å². The molecule has 4 rings (SSSR count). The molecule has 3 nitrogen and oxygen atoms in total. The topological polar surface area (TPSA) is 31.2 Å². The van der Waals surface area contributed by atoms with Crippen LogP contribution in [0.5, 0.6) is 0 Å². The van der Waals surface area contributed by atoms with Crippen LogP contribution in [0.15, 0.2) is 72.9 Å². The molecule has 0 saturated heterocycles. The monoisotopic (exact) mass is 325 g/mol. The number of hydrogen-bond donors (Lipinski definition) is 0. The van der Waals surface area contributed by atoms with Gasteiger partial charge in [-0.3, -0.25) is 0 Å². The molecule has 0 spiro atoms. The second-order valence-electron chi connectivity index (χ2n) is 5.98. The lowest BCUT2D eigenvalue weighted by Crippen LogP contribution is -2.12. The third-order valence-electron chi connectivity index (χ3n) is 4.36. The van der Waals surface area contributed by atoms with Gasteiger partial charge in [-0.05, 0) is 34.9 Å². The minimum atomic E-state index is -0.361. The fourth-order valence-electron chi connectivity index (χ4n) is 3.12. The average molecular weight is 325 g/mol. The van der Waals surface area contributed by atoms with E-state index in [1.54, 1.807) is 4.57 Å². The molecule has 1 aromatic heterocycles. The van der Waals surface area contributed by atoms with Crippen LogP contribution in [0, 0.1) is 0 Å². The van der Waals surface area contributed by atoms with Crippen molar-refractivity contribution in [2.45, 2.75) is 13.1 Å². The van der Waals surface area contributed by atoms with Crippen molar-refractivity contribution in [2.24, 2.45) is 0 Å². The highest BCUT2D eigenvalue weighted by Crippen LogP contribution is 2.28. The van der Waals surface area contributed by atoms with Crippen LogP contribution in [-0.2, 0) is 17.8 Å². The lowest BCUT2D eigenvalue weighted by molar-refractivity contribution is 0.0463. The Kier molecular flexibility index (Phi) is 4.02. The van der Waals surface area contributed by atoms with Crippen molar-refractivity contribution >= 4 is 35.4 Å². The maximum atomic E-state index is 12.7. The molecule has 25 heavy (non-hydrogen) atoms. The normalized spacial score (nSPS) is 11.0. The lowest BCUT2D eigenvalue weighted by atomic mass is 10.1. The van der Waals surface area contributed by atoms with E-state index in [1.807, 2.05) is 60.8 Å². The molecule has 1 heterocycles. The van der Waals surface area contributed by atoms with Gasteiger partial charge in [-0.2, -0.15) is 0 Å².